The Hall–Kier alpha value is -0.970. The van der Waals surface area contributed by atoms with Crippen LogP contribution >= 0.6 is 0 Å². The zero-order valence-corrected chi connectivity index (χ0v) is 8.30. The molecule has 2 nitrogen and oxygen atoms in total. The molecule has 13 heavy (non-hydrogen) atoms. The summed E-state index contributed by atoms with van der Waals surface area (Å²) in [5.41, 5.74) is 0. The Kier molecular flexibility index (Phi) is 3.82. The summed E-state index contributed by atoms with van der Waals surface area (Å²) in [7, 11) is 0. The number of hydrogen-bond donors (Lipinski definition) is 0. The first-order valence-corrected chi connectivity index (χ1v) is 4.82. The zero-order valence-electron chi connectivity index (χ0n) is 8.30. The second kappa shape index (κ2) is 4.91. The third-order valence-corrected chi connectivity index (χ3v) is 1.76. The number of esters is 1. The molecular weight excluding hydrogens is 164 g/mol. The molecule has 0 unspecified atom stereocenters. The molecule has 1 fully saturated rings. The lowest BCUT2D eigenvalue weighted by atomic mass is 10.1. The van der Waals surface area contributed by atoms with Crippen LogP contribution in [-0.2, 0) is 9.53 Å². The molecule has 0 atom stereocenters. The van der Waals surface area contributed by atoms with Crippen LogP contribution in [0.15, 0.2) is 0 Å². The van der Waals surface area contributed by atoms with Crippen LogP contribution in [0.1, 0.15) is 33.1 Å². The van der Waals surface area contributed by atoms with Gasteiger partial charge < -0.3 is 4.74 Å². The van der Waals surface area contributed by atoms with Crippen molar-refractivity contribution in [1.82, 2.24) is 0 Å². The molecule has 0 heterocycles. The van der Waals surface area contributed by atoms with Crippen molar-refractivity contribution in [1.29, 1.82) is 0 Å². The molecule has 0 spiro atoms. The van der Waals surface area contributed by atoms with Gasteiger partial charge in [0.05, 0.1) is 0 Å². The fourth-order valence-electron chi connectivity index (χ4n) is 0.923. The number of carbonyl (C=O) groups is 1. The molecule has 0 aromatic carbocycles. The van der Waals surface area contributed by atoms with Gasteiger partial charge >= 0.3 is 5.97 Å². The summed E-state index contributed by atoms with van der Waals surface area (Å²) < 4.78 is 4.92. The largest absolute Gasteiger partial charge is 0.452 e. The summed E-state index contributed by atoms with van der Waals surface area (Å²) in [6.45, 7) is 4.26. The van der Waals surface area contributed by atoms with E-state index >= 15 is 0 Å². The van der Waals surface area contributed by atoms with Gasteiger partial charge in [0.25, 0.3) is 0 Å². The molecule has 1 aliphatic rings. The van der Waals surface area contributed by atoms with Crippen LogP contribution in [-0.4, -0.2) is 12.6 Å². The van der Waals surface area contributed by atoms with Gasteiger partial charge in [-0.25, -0.2) is 0 Å². The highest BCUT2D eigenvalue weighted by molar-refractivity contribution is 5.69. The quantitative estimate of drug-likeness (QED) is 0.490. The van der Waals surface area contributed by atoms with Crippen molar-refractivity contribution in [2.24, 2.45) is 11.8 Å². The Morgan fingerprint density at radius 1 is 1.54 bits per heavy atom. The van der Waals surface area contributed by atoms with E-state index in [2.05, 4.69) is 11.8 Å². The molecule has 1 rings (SSSR count). The fraction of sp³-hybridized carbons (Fsp3) is 0.727. The summed E-state index contributed by atoms with van der Waals surface area (Å²) >= 11 is 0. The highest BCUT2D eigenvalue weighted by atomic mass is 16.5. The zero-order chi connectivity index (χ0) is 9.68. The van der Waals surface area contributed by atoms with Crippen molar-refractivity contribution < 1.29 is 9.53 Å². The first kappa shape index (κ1) is 10.1. The minimum atomic E-state index is -0.139. The minimum Gasteiger partial charge on any atom is -0.452 e. The van der Waals surface area contributed by atoms with E-state index < -0.39 is 0 Å². The normalized spacial score (nSPS) is 15.0. The Morgan fingerprint density at radius 3 is 2.77 bits per heavy atom. The maximum Gasteiger partial charge on any atom is 0.307 e. The van der Waals surface area contributed by atoms with E-state index in [0.29, 0.717) is 18.3 Å². The first-order chi connectivity index (χ1) is 6.18. The topological polar surface area (TPSA) is 26.3 Å². The van der Waals surface area contributed by atoms with Crippen molar-refractivity contribution in [3.05, 3.63) is 0 Å². The van der Waals surface area contributed by atoms with Gasteiger partial charge in [0.1, 0.15) is 0 Å². The molecular formula is C11H16O2. The highest BCUT2D eigenvalue weighted by Gasteiger charge is 2.17. The van der Waals surface area contributed by atoms with E-state index in [1.165, 1.54) is 12.8 Å². The molecule has 0 radical (unpaired) electrons. The molecule has 1 saturated carbocycles. The van der Waals surface area contributed by atoms with E-state index in [4.69, 9.17) is 4.74 Å². The monoisotopic (exact) mass is 180 g/mol. The number of hydrogen-bond acceptors (Lipinski definition) is 2. The van der Waals surface area contributed by atoms with Crippen molar-refractivity contribution in [2.75, 3.05) is 6.61 Å². The molecule has 0 amide bonds. The van der Waals surface area contributed by atoms with Gasteiger partial charge in [-0.05, 0) is 18.8 Å². The molecule has 2 heteroatoms. The van der Waals surface area contributed by atoms with E-state index in [9.17, 15) is 4.79 Å². The molecule has 0 aromatic rings. The summed E-state index contributed by atoms with van der Waals surface area (Å²) in [5, 5.41) is 0. The Morgan fingerprint density at radius 2 is 2.23 bits per heavy atom. The predicted octanol–water partition coefficient (Wildman–Crippen LogP) is 1.99. The van der Waals surface area contributed by atoms with Crippen LogP contribution in [0.5, 0.6) is 0 Å². The number of rotatable bonds is 3. The molecule has 0 bridgehead atoms. The SMILES string of the molecule is CC(C)CC(=O)OCC#CC1CC1. The lowest BCUT2D eigenvalue weighted by Crippen LogP contribution is -2.07. The molecule has 0 saturated heterocycles. The first-order valence-electron chi connectivity index (χ1n) is 4.82. The Balaban J connectivity index is 2.04. The average molecular weight is 180 g/mol. The van der Waals surface area contributed by atoms with E-state index in [1.807, 2.05) is 13.8 Å². The van der Waals surface area contributed by atoms with Gasteiger partial charge in [0, 0.05) is 12.3 Å². The Labute approximate surface area is 79.7 Å². The van der Waals surface area contributed by atoms with Crippen molar-refractivity contribution in [3.63, 3.8) is 0 Å². The lowest BCUT2D eigenvalue weighted by Gasteiger charge is -2.02. The fourth-order valence-corrected chi connectivity index (χ4v) is 0.923. The summed E-state index contributed by atoms with van der Waals surface area (Å²) in [6, 6.07) is 0. The van der Waals surface area contributed by atoms with Gasteiger partial charge in [-0.1, -0.05) is 25.7 Å². The molecule has 1 aliphatic carbocycles. The average Bonchev–Trinajstić information content (AvgIpc) is 2.80. The van der Waals surface area contributed by atoms with Crippen LogP contribution in [0.25, 0.3) is 0 Å². The Bertz CT molecular complexity index is 228. The molecule has 0 aromatic heterocycles. The maximum absolute atomic E-state index is 11.0. The van der Waals surface area contributed by atoms with Gasteiger partial charge in [0.15, 0.2) is 6.61 Å². The van der Waals surface area contributed by atoms with Crippen LogP contribution < -0.4 is 0 Å². The maximum atomic E-state index is 11.0. The smallest absolute Gasteiger partial charge is 0.307 e. The lowest BCUT2D eigenvalue weighted by molar-refractivity contribution is -0.143. The van der Waals surface area contributed by atoms with Gasteiger partial charge in [-0.2, -0.15) is 0 Å². The molecule has 0 N–H and O–H groups in total. The second-order valence-electron chi connectivity index (χ2n) is 3.85. The van der Waals surface area contributed by atoms with E-state index in [0.717, 1.165) is 0 Å². The molecule has 0 aliphatic heterocycles. The molecule has 72 valence electrons. The highest BCUT2D eigenvalue weighted by Crippen LogP contribution is 2.27. The number of ether oxygens (including phenoxy) is 1. The minimum absolute atomic E-state index is 0.139. The summed E-state index contributed by atoms with van der Waals surface area (Å²) in [4.78, 5) is 11.0. The summed E-state index contributed by atoms with van der Waals surface area (Å²) in [5.74, 6) is 6.71. The van der Waals surface area contributed by atoms with Crippen LogP contribution in [0.4, 0.5) is 0 Å². The predicted molar refractivity (Wildman–Crippen MR) is 50.9 cm³/mol. The van der Waals surface area contributed by atoms with E-state index in [-0.39, 0.29) is 12.6 Å². The second-order valence-corrected chi connectivity index (χ2v) is 3.85. The van der Waals surface area contributed by atoms with Crippen LogP contribution in [0.3, 0.4) is 0 Å². The van der Waals surface area contributed by atoms with Crippen LogP contribution in [0, 0.1) is 23.7 Å². The third-order valence-electron chi connectivity index (χ3n) is 1.76. The number of carbonyl (C=O) groups excluding carboxylic acids is 1. The van der Waals surface area contributed by atoms with Crippen molar-refractivity contribution in [2.45, 2.75) is 33.1 Å². The van der Waals surface area contributed by atoms with Crippen molar-refractivity contribution in [3.8, 4) is 11.8 Å². The standard InChI is InChI=1S/C11H16O2/c1-9(2)8-11(12)13-7-3-4-10-5-6-10/h9-10H,5-8H2,1-2H3. The van der Waals surface area contributed by atoms with E-state index in [1.54, 1.807) is 0 Å². The summed E-state index contributed by atoms with van der Waals surface area (Å²) in [6.07, 6.45) is 2.92. The van der Waals surface area contributed by atoms with Crippen molar-refractivity contribution >= 4 is 5.97 Å². The van der Waals surface area contributed by atoms with Gasteiger partial charge in [-0.3, -0.25) is 4.79 Å². The van der Waals surface area contributed by atoms with Crippen LogP contribution in [0.2, 0.25) is 0 Å². The van der Waals surface area contributed by atoms with Gasteiger partial charge in [-0.15, -0.1) is 0 Å². The van der Waals surface area contributed by atoms with Gasteiger partial charge in [0.2, 0.25) is 0 Å². The third kappa shape index (κ3) is 5.30.